The predicted molar refractivity (Wildman–Crippen MR) is 72.0 cm³/mol. The van der Waals surface area contributed by atoms with Crippen molar-refractivity contribution in [3.63, 3.8) is 0 Å². The van der Waals surface area contributed by atoms with Crippen molar-refractivity contribution in [2.75, 3.05) is 0 Å². The molecule has 5 heteroatoms. The fraction of sp³-hybridized carbons (Fsp3) is 0.333. The van der Waals surface area contributed by atoms with Crippen molar-refractivity contribution in [1.82, 2.24) is 9.97 Å². The molecule has 1 aliphatic carbocycles. The van der Waals surface area contributed by atoms with E-state index in [1.54, 1.807) is 11.3 Å². The zero-order valence-electron chi connectivity index (χ0n) is 9.04. The Morgan fingerprint density at radius 2 is 1.94 bits per heavy atom. The minimum absolute atomic E-state index is 0.606. The van der Waals surface area contributed by atoms with Gasteiger partial charge in [-0.05, 0) is 31.7 Å². The molecule has 0 N–H and O–H groups in total. The summed E-state index contributed by atoms with van der Waals surface area (Å²) in [5, 5.41) is 3.21. The SMILES string of the molecule is Clc1csc(-c2nc(Cl)c3c(n2)CCCC3)c1. The van der Waals surface area contributed by atoms with Crippen LogP contribution >= 0.6 is 34.5 Å². The minimum atomic E-state index is 0.606. The third-order valence-corrected chi connectivity index (χ3v) is 4.51. The summed E-state index contributed by atoms with van der Waals surface area (Å²) in [6.07, 6.45) is 4.37. The van der Waals surface area contributed by atoms with Crippen LogP contribution < -0.4 is 0 Å². The number of thiophene rings is 1. The van der Waals surface area contributed by atoms with Crippen molar-refractivity contribution >= 4 is 34.5 Å². The number of aromatic nitrogens is 2. The molecule has 0 saturated carbocycles. The van der Waals surface area contributed by atoms with Crippen molar-refractivity contribution in [3.8, 4) is 10.7 Å². The molecular weight excluding hydrogens is 275 g/mol. The topological polar surface area (TPSA) is 25.8 Å². The zero-order chi connectivity index (χ0) is 11.8. The first-order valence-corrected chi connectivity index (χ1v) is 7.17. The summed E-state index contributed by atoms with van der Waals surface area (Å²) in [5.74, 6) is 0.701. The molecule has 0 saturated heterocycles. The van der Waals surface area contributed by atoms with E-state index in [0.717, 1.165) is 34.0 Å². The Hall–Kier alpha value is -0.640. The summed E-state index contributed by atoms with van der Waals surface area (Å²) in [4.78, 5) is 9.97. The van der Waals surface area contributed by atoms with Gasteiger partial charge in [-0.25, -0.2) is 9.97 Å². The lowest BCUT2D eigenvalue weighted by Crippen LogP contribution is -2.08. The molecule has 1 aliphatic rings. The molecule has 0 aromatic carbocycles. The van der Waals surface area contributed by atoms with E-state index in [2.05, 4.69) is 9.97 Å². The van der Waals surface area contributed by atoms with Crippen LogP contribution in [-0.2, 0) is 12.8 Å². The average Bonchev–Trinajstić information content (AvgIpc) is 2.76. The maximum absolute atomic E-state index is 6.22. The van der Waals surface area contributed by atoms with Gasteiger partial charge < -0.3 is 0 Å². The van der Waals surface area contributed by atoms with Gasteiger partial charge in [0, 0.05) is 16.6 Å². The third kappa shape index (κ3) is 2.19. The highest BCUT2D eigenvalue weighted by atomic mass is 35.5. The normalized spacial score (nSPS) is 14.7. The van der Waals surface area contributed by atoms with Crippen LogP contribution in [0.2, 0.25) is 10.2 Å². The molecular formula is C12H10Cl2N2S. The van der Waals surface area contributed by atoms with Crippen LogP contribution in [0.1, 0.15) is 24.1 Å². The standard InChI is InChI=1S/C12H10Cl2N2S/c13-7-5-10(17-6-7)12-15-9-4-2-1-3-8(9)11(14)16-12/h5-6H,1-4H2. The number of rotatable bonds is 1. The smallest absolute Gasteiger partial charge is 0.171 e. The van der Waals surface area contributed by atoms with E-state index in [0.29, 0.717) is 11.0 Å². The summed E-state index contributed by atoms with van der Waals surface area (Å²) < 4.78 is 0. The second kappa shape index (κ2) is 4.56. The van der Waals surface area contributed by atoms with Gasteiger partial charge in [0.2, 0.25) is 0 Å². The van der Waals surface area contributed by atoms with Crippen LogP contribution in [0.15, 0.2) is 11.4 Å². The predicted octanol–water partition coefficient (Wildman–Crippen LogP) is 4.39. The minimum Gasteiger partial charge on any atom is -0.232 e. The Labute approximate surface area is 114 Å². The molecule has 2 heterocycles. The molecule has 0 fully saturated rings. The van der Waals surface area contributed by atoms with Gasteiger partial charge in [-0.3, -0.25) is 0 Å². The average molecular weight is 285 g/mol. The highest BCUT2D eigenvalue weighted by Gasteiger charge is 2.17. The van der Waals surface area contributed by atoms with Gasteiger partial charge in [0.1, 0.15) is 5.15 Å². The van der Waals surface area contributed by atoms with Gasteiger partial charge in [0.15, 0.2) is 5.82 Å². The first kappa shape index (κ1) is 11.5. The summed E-state index contributed by atoms with van der Waals surface area (Å²) in [7, 11) is 0. The van der Waals surface area contributed by atoms with Crippen LogP contribution in [0.25, 0.3) is 10.7 Å². The maximum atomic E-state index is 6.22. The van der Waals surface area contributed by atoms with Gasteiger partial charge in [-0.1, -0.05) is 23.2 Å². The Balaban J connectivity index is 2.10. The first-order valence-electron chi connectivity index (χ1n) is 5.54. The molecule has 0 atom stereocenters. The second-order valence-electron chi connectivity index (χ2n) is 4.10. The van der Waals surface area contributed by atoms with E-state index in [-0.39, 0.29) is 0 Å². The first-order chi connectivity index (χ1) is 8.24. The molecule has 0 amide bonds. The van der Waals surface area contributed by atoms with Gasteiger partial charge >= 0.3 is 0 Å². The van der Waals surface area contributed by atoms with Crippen LogP contribution in [0, 0.1) is 0 Å². The molecule has 0 spiro atoms. The van der Waals surface area contributed by atoms with Gasteiger partial charge in [-0.15, -0.1) is 11.3 Å². The Kier molecular flexibility index (Phi) is 3.07. The lowest BCUT2D eigenvalue weighted by Gasteiger charge is -2.15. The quantitative estimate of drug-likeness (QED) is 0.726. The molecule has 2 aromatic heterocycles. The largest absolute Gasteiger partial charge is 0.232 e. The highest BCUT2D eigenvalue weighted by molar-refractivity contribution is 7.14. The molecule has 2 nitrogen and oxygen atoms in total. The molecule has 88 valence electrons. The van der Waals surface area contributed by atoms with Crippen LogP contribution in [0.5, 0.6) is 0 Å². The fourth-order valence-corrected chi connectivity index (χ4v) is 3.38. The van der Waals surface area contributed by atoms with E-state index >= 15 is 0 Å². The van der Waals surface area contributed by atoms with Crippen molar-refractivity contribution < 1.29 is 0 Å². The maximum Gasteiger partial charge on any atom is 0.171 e. The van der Waals surface area contributed by atoms with E-state index in [9.17, 15) is 0 Å². The van der Waals surface area contributed by atoms with Crippen LogP contribution in [-0.4, -0.2) is 9.97 Å². The zero-order valence-corrected chi connectivity index (χ0v) is 11.4. The Morgan fingerprint density at radius 1 is 1.12 bits per heavy atom. The van der Waals surface area contributed by atoms with Crippen molar-refractivity contribution in [3.05, 3.63) is 32.9 Å². The Morgan fingerprint density at radius 3 is 2.71 bits per heavy atom. The van der Waals surface area contributed by atoms with Crippen molar-refractivity contribution in [2.24, 2.45) is 0 Å². The Bertz CT molecular complexity index is 566. The number of aryl methyl sites for hydroxylation is 1. The van der Waals surface area contributed by atoms with E-state index in [1.807, 2.05) is 11.4 Å². The molecule has 0 bridgehead atoms. The number of nitrogens with zero attached hydrogens (tertiary/aromatic N) is 2. The van der Waals surface area contributed by atoms with Crippen molar-refractivity contribution in [1.29, 1.82) is 0 Å². The summed E-state index contributed by atoms with van der Waals surface area (Å²) >= 11 is 13.7. The molecule has 2 aromatic rings. The van der Waals surface area contributed by atoms with Crippen LogP contribution in [0.4, 0.5) is 0 Å². The van der Waals surface area contributed by atoms with E-state index in [1.165, 1.54) is 12.8 Å². The molecule has 17 heavy (non-hydrogen) atoms. The summed E-state index contributed by atoms with van der Waals surface area (Å²) in [5.41, 5.74) is 2.24. The summed E-state index contributed by atoms with van der Waals surface area (Å²) in [6, 6.07) is 1.88. The molecule has 0 radical (unpaired) electrons. The second-order valence-corrected chi connectivity index (χ2v) is 5.81. The van der Waals surface area contributed by atoms with Crippen molar-refractivity contribution in [2.45, 2.75) is 25.7 Å². The molecule has 0 aliphatic heterocycles. The number of hydrogen-bond acceptors (Lipinski definition) is 3. The molecule has 3 rings (SSSR count). The monoisotopic (exact) mass is 284 g/mol. The van der Waals surface area contributed by atoms with Gasteiger partial charge in [0.05, 0.1) is 9.90 Å². The van der Waals surface area contributed by atoms with E-state index in [4.69, 9.17) is 23.2 Å². The molecule has 0 unspecified atom stereocenters. The van der Waals surface area contributed by atoms with Crippen LogP contribution in [0.3, 0.4) is 0 Å². The lowest BCUT2D eigenvalue weighted by atomic mass is 9.97. The van der Waals surface area contributed by atoms with Gasteiger partial charge in [0.25, 0.3) is 0 Å². The fourth-order valence-electron chi connectivity index (χ4n) is 2.09. The summed E-state index contributed by atoms with van der Waals surface area (Å²) in [6.45, 7) is 0. The van der Waals surface area contributed by atoms with E-state index < -0.39 is 0 Å². The number of halogens is 2. The third-order valence-electron chi connectivity index (χ3n) is 2.92. The lowest BCUT2D eigenvalue weighted by molar-refractivity contribution is 0.664. The highest BCUT2D eigenvalue weighted by Crippen LogP contribution is 2.31. The number of hydrogen-bond donors (Lipinski definition) is 0. The van der Waals surface area contributed by atoms with Gasteiger partial charge in [-0.2, -0.15) is 0 Å². The number of fused-ring (bicyclic) bond motifs is 1.